The van der Waals surface area contributed by atoms with E-state index in [4.69, 9.17) is 4.74 Å². The molecule has 3 aromatic heterocycles. The third-order valence-electron chi connectivity index (χ3n) is 3.84. The number of carbonyl (C=O) groups is 1. The van der Waals surface area contributed by atoms with E-state index >= 15 is 0 Å². The molecule has 0 radical (unpaired) electrons. The quantitative estimate of drug-likeness (QED) is 0.475. The Morgan fingerprint density at radius 3 is 2.52 bits per heavy atom. The van der Waals surface area contributed by atoms with Crippen LogP contribution in [-0.4, -0.2) is 45.8 Å². The molecule has 150 valence electrons. The molecule has 0 aliphatic carbocycles. The van der Waals surface area contributed by atoms with Gasteiger partial charge in [0.15, 0.2) is 5.82 Å². The van der Waals surface area contributed by atoms with Crippen LogP contribution in [0.25, 0.3) is 0 Å². The maximum atomic E-state index is 12.1. The Hall–Kier alpha value is -3.75. The first kappa shape index (κ1) is 20.0. The Labute approximate surface area is 169 Å². The van der Waals surface area contributed by atoms with Gasteiger partial charge in [0.05, 0.1) is 12.2 Å². The number of hydrogen-bond donors (Lipinski definition) is 3. The zero-order valence-electron chi connectivity index (χ0n) is 16.3. The van der Waals surface area contributed by atoms with E-state index in [0.29, 0.717) is 48.6 Å². The van der Waals surface area contributed by atoms with Gasteiger partial charge in [-0.05, 0) is 49.7 Å². The molecule has 9 heteroatoms. The van der Waals surface area contributed by atoms with Crippen molar-refractivity contribution in [3.05, 3.63) is 59.9 Å². The first-order chi connectivity index (χ1) is 14.1. The van der Waals surface area contributed by atoms with Crippen LogP contribution in [0, 0.1) is 6.92 Å². The summed E-state index contributed by atoms with van der Waals surface area (Å²) in [6.07, 6.45) is 3.23. The number of rotatable bonds is 9. The molecule has 9 nitrogen and oxygen atoms in total. The van der Waals surface area contributed by atoms with Gasteiger partial charge in [0.25, 0.3) is 5.91 Å². The Kier molecular flexibility index (Phi) is 6.88. The Morgan fingerprint density at radius 2 is 1.83 bits per heavy atom. The van der Waals surface area contributed by atoms with E-state index in [1.54, 1.807) is 18.3 Å². The van der Waals surface area contributed by atoms with Crippen LogP contribution in [0.15, 0.2) is 48.8 Å². The second kappa shape index (κ2) is 9.98. The van der Waals surface area contributed by atoms with Crippen LogP contribution in [0.5, 0.6) is 5.88 Å². The standard InChI is InChI=1S/C20H23N7O2/c1-3-29-19-7-4-15(13-24-19)20(28)23-11-10-22-16-5-6-17(27-26-16)25-18-12-14(2)8-9-21-18/h4-9,12-13H,3,10-11H2,1-2H3,(H,22,26)(H,23,28)(H,21,25,27). The normalized spacial score (nSPS) is 10.3. The summed E-state index contributed by atoms with van der Waals surface area (Å²) < 4.78 is 5.26. The number of nitrogens with one attached hydrogen (secondary N) is 3. The Morgan fingerprint density at radius 1 is 1.00 bits per heavy atom. The van der Waals surface area contributed by atoms with Crippen LogP contribution in [0.4, 0.5) is 17.5 Å². The lowest BCUT2D eigenvalue weighted by Crippen LogP contribution is -2.29. The van der Waals surface area contributed by atoms with E-state index in [-0.39, 0.29) is 5.91 Å². The summed E-state index contributed by atoms with van der Waals surface area (Å²) in [5.41, 5.74) is 1.59. The lowest BCUT2D eigenvalue weighted by Gasteiger charge is -2.08. The van der Waals surface area contributed by atoms with E-state index in [1.165, 1.54) is 6.20 Å². The fraction of sp³-hybridized carbons (Fsp3) is 0.250. The summed E-state index contributed by atoms with van der Waals surface area (Å²) in [5.74, 6) is 2.24. The highest BCUT2D eigenvalue weighted by Crippen LogP contribution is 2.13. The van der Waals surface area contributed by atoms with Crippen molar-refractivity contribution < 1.29 is 9.53 Å². The zero-order chi connectivity index (χ0) is 20.5. The van der Waals surface area contributed by atoms with E-state index < -0.39 is 0 Å². The summed E-state index contributed by atoms with van der Waals surface area (Å²) in [4.78, 5) is 20.4. The van der Waals surface area contributed by atoms with Gasteiger partial charge in [-0.3, -0.25) is 4.79 Å². The third-order valence-corrected chi connectivity index (χ3v) is 3.84. The molecule has 3 heterocycles. The van der Waals surface area contributed by atoms with Crippen LogP contribution in [-0.2, 0) is 0 Å². The molecule has 3 rings (SSSR count). The lowest BCUT2D eigenvalue weighted by atomic mass is 10.2. The minimum atomic E-state index is -0.196. The van der Waals surface area contributed by atoms with Crippen molar-refractivity contribution in [3.8, 4) is 5.88 Å². The maximum Gasteiger partial charge on any atom is 0.252 e. The van der Waals surface area contributed by atoms with E-state index in [1.807, 2.05) is 38.1 Å². The number of ether oxygens (including phenoxy) is 1. The van der Waals surface area contributed by atoms with Crippen molar-refractivity contribution in [1.82, 2.24) is 25.5 Å². The maximum absolute atomic E-state index is 12.1. The summed E-state index contributed by atoms with van der Waals surface area (Å²) >= 11 is 0. The first-order valence-electron chi connectivity index (χ1n) is 9.28. The number of aryl methyl sites for hydroxylation is 1. The second-order valence-electron chi connectivity index (χ2n) is 6.15. The van der Waals surface area contributed by atoms with Gasteiger partial charge in [0.2, 0.25) is 5.88 Å². The Balaban J connectivity index is 1.41. The number of carbonyl (C=O) groups excluding carboxylic acids is 1. The van der Waals surface area contributed by atoms with Gasteiger partial charge in [-0.25, -0.2) is 9.97 Å². The van der Waals surface area contributed by atoms with Gasteiger partial charge < -0.3 is 20.7 Å². The van der Waals surface area contributed by atoms with Crippen LogP contribution in [0.3, 0.4) is 0 Å². The molecule has 0 bridgehead atoms. The highest BCUT2D eigenvalue weighted by Gasteiger charge is 2.06. The molecule has 29 heavy (non-hydrogen) atoms. The molecule has 0 unspecified atom stereocenters. The topological polar surface area (TPSA) is 114 Å². The summed E-state index contributed by atoms with van der Waals surface area (Å²) in [7, 11) is 0. The van der Waals surface area contributed by atoms with Crippen molar-refractivity contribution in [3.63, 3.8) is 0 Å². The molecular weight excluding hydrogens is 370 g/mol. The largest absolute Gasteiger partial charge is 0.478 e. The monoisotopic (exact) mass is 393 g/mol. The number of aromatic nitrogens is 4. The molecule has 0 aliphatic rings. The van der Waals surface area contributed by atoms with Crippen LogP contribution in [0.2, 0.25) is 0 Å². The van der Waals surface area contributed by atoms with Gasteiger partial charge in [0, 0.05) is 31.5 Å². The highest BCUT2D eigenvalue weighted by molar-refractivity contribution is 5.93. The zero-order valence-corrected chi connectivity index (χ0v) is 16.3. The molecule has 1 amide bonds. The molecule has 0 spiro atoms. The average molecular weight is 393 g/mol. The summed E-state index contributed by atoms with van der Waals surface area (Å²) in [5, 5.41) is 17.3. The molecule has 3 N–H and O–H groups in total. The van der Waals surface area contributed by atoms with Crippen LogP contribution >= 0.6 is 0 Å². The average Bonchev–Trinajstić information content (AvgIpc) is 2.73. The van der Waals surface area contributed by atoms with Crippen molar-refractivity contribution in [1.29, 1.82) is 0 Å². The summed E-state index contributed by atoms with van der Waals surface area (Å²) in [6, 6.07) is 10.8. The third kappa shape index (κ3) is 6.13. The number of nitrogens with zero attached hydrogens (tertiary/aromatic N) is 4. The predicted molar refractivity (Wildman–Crippen MR) is 111 cm³/mol. The second-order valence-corrected chi connectivity index (χ2v) is 6.15. The first-order valence-corrected chi connectivity index (χ1v) is 9.28. The Bertz CT molecular complexity index is 930. The molecule has 0 saturated carbocycles. The molecular formula is C20H23N7O2. The molecule has 0 aliphatic heterocycles. The van der Waals surface area contributed by atoms with Gasteiger partial charge in [-0.1, -0.05) is 0 Å². The van der Waals surface area contributed by atoms with E-state index in [0.717, 1.165) is 5.56 Å². The van der Waals surface area contributed by atoms with Crippen molar-refractivity contribution in [2.24, 2.45) is 0 Å². The fourth-order valence-corrected chi connectivity index (χ4v) is 2.45. The van der Waals surface area contributed by atoms with Crippen LogP contribution in [0.1, 0.15) is 22.8 Å². The van der Waals surface area contributed by atoms with E-state index in [2.05, 4.69) is 36.1 Å². The van der Waals surface area contributed by atoms with Crippen molar-refractivity contribution in [2.75, 3.05) is 30.3 Å². The number of amides is 1. The lowest BCUT2D eigenvalue weighted by molar-refractivity contribution is 0.0954. The molecule has 0 atom stereocenters. The minimum Gasteiger partial charge on any atom is -0.478 e. The van der Waals surface area contributed by atoms with Gasteiger partial charge >= 0.3 is 0 Å². The number of anilines is 3. The SMILES string of the molecule is CCOc1ccc(C(=O)NCCNc2ccc(Nc3cc(C)ccn3)nn2)cn1. The molecule has 0 fully saturated rings. The van der Waals surface area contributed by atoms with Gasteiger partial charge in [0.1, 0.15) is 11.6 Å². The van der Waals surface area contributed by atoms with Gasteiger partial charge in [-0.2, -0.15) is 0 Å². The predicted octanol–water partition coefficient (Wildman–Crippen LogP) is 2.56. The highest BCUT2D eigenvalue weighted by atomic mass is 16.5. The number of pyridine rings is 2. The minimum absolute atomic E-state index is 0.196. The van der Waals surface area contributed by atoms with Crippen LogP contribution < -0.4 is 20.7 Å². The molecule has 3 aromatic rings. The fourth-order valence-electron chi connectivity index (χ4n) is 2.45. The van der Waals surface area contributed by atoms with E-state index in [9.17, 15) is 4.79 Å². The van der Waals surface area contributed by atoms with Gasteiger partial charge in [-0.15, -0.1) is 10.2 Å². The van der Waals surface area contributed by atoms with Crippen molar-refractivity contribution >= 4 is 23.4 Å². The summed E-state index contributed by atoms with van der Waals surface area (Å²) in [6.45, 7) is 5.35. The van der Waals surface area contributed by atoms with Crippen molar-refractivity contribution in [2.45, 2.75) is 13.8 Å². The molecule has 0 saturated heterocycles. The number of hydrogen-bond acceptors (Lipinski definition) is 8. The smallest absolute Gasteiger partial charge is 0.252 e. The molecule has 0 aromatic carbocycles.